The first-order chi connectivity index (χ1) is 8.18. The Morgan fingerprint density at radius 3 is 2.71 bits per heavy atom. The van der Waals surface area contributed by atoms with Crippen LogP contribution in [0.4, 0.5) is 0 Å². The molecule has 0 spiro atoms. The molecular formula is C13H18N2O2. The molecule has 0 atom stereocenters. The molecule has 0 bridgehead atoms. The lowest BCUT2D eigenvalue weighted by Gasteiger charge is -2.38. The molecule has 1 fully saturated rings. The molecule has 17 heavy (non-hydrogen) atoms. The number of carbonyl (C=O) groups is 1. The van der Waals surface area contributed by atoms with Crippen molar-refractivity contribution in [3.63, 3.8) is 0 Å². The number of amides is 1. The summed E-state index contributed by atoms with van der Waals surface area (Å²) in [5, 5.41) is 5.96. The van der Waals surface area contributed by atoms with Crippen molar-refractivity contribution in [2.75, 3.05) is 19.7 Å². The molecule has 1 aromatic rings. The molecule has 0 aliphatic carbocycles. The van der Waals surface area contributed by atoms with Crippen molar-refractivity contribution >= 4 is 5.91 Å². The maximum Gasteiger partial charge on any atom is 0.246 e. The fourth-order valence-corrected chi connectivity index (χ4v) is 1.67. The van der Waals surface area contributed by atoms with Crippen molar-refractivity contribution in [1.82, 2.24) is 10.6 Å². The summed E-state index contributed by atoms with van der Waals surface area (Å²) in [5.74, 6) is -0.0676. The Kier molecular flexibility index (Phi) is 3.76. The zero-order chi connectivity index (χ0) is 12.1. The summed E-state index contributed by atoms with van der Waals surface area (Å²) in [5.41, 5.74) is 0.932. The minimum Gasteiger partial charge on any atom is -0.363 e. The second kappa shape index (κ2) is 5.29. The van der Waals surface area contributed by atoms with Crippen LogP contribution in [-0.4, -0.2) is 31.2 Å². The van der Waals surface area contributed by atoms with Gasteiger partial charge in [0, 0.05) is 19.6 Å². The first-order valence-electron chi connectivity index (χ1n) is 5.83. The van der Waals surface area contributed by atoms with E-state index in [1.807, 2.05) is 37.3 Å². The van der Waals surface area contributed by atoms with E-state index in [9.17, 15) is 4.79 Å². The van der Waals surface area contributed by atoms with Gasteiger partial charge in [-0.2, -0.15) is 0 Å². The molecule has 2 N–H and O–H groups in total. The topological polar surface area (TPSA) is 50.4 Å². The molecule has 0 aromatic heterocycles. The molecule has 1 heterocycles. The SMILES string of the molecule is CC1(OCC(=O)NCc2ccccc2)CNC1. The summed E-state index contributed by atoms with van der Waals surface area (Å²) in [6, 6.07) is 9.84. The Balaban J connectivity index is 1.67. The van der Waals surface area contributed by atoms with Gasteiger partial charge in [0.05, 0.1) is 5.60 Å². The van der Waals surface area contributed by atoms with Crippen molar-refractivity contribution in [3.05, 3.63) is 35.9 Å². The third kappa shape index (κ3) is 3.54. The fraction of sp³-hybridized carbons (Fsp3) is 0.462. The highest BCUT2D eigenvalue weighted by atomic mass is 16.5. The summed E-state index contributed by atoms with van der Waals surface area (Å²) in [7, 11) is 0. The van der Waals surface area contributed by atoms with E-state index in [0.29, 0.717) is 6.54 Å². The molecule has 0 unspecified atom stereocenters. The van der Waals surface area contributed by atoms with Gasteiger partial charge in [-0.05, 0) is 12.5 Å². The van der Waals surface area contributed by atoms with Crippen molar-refractivity contribution in [2.45, 2.75) is 19.1 Å². The highest BCUT2D eigenvalue weighted by molar-refractivity contribution is 5.77. The second-order valence-corrected chi connectivity index (χ2v) is 4.60. The van der Waals surface area contributed by atoms with Crippen molar-refractivity contribution in [3.8, 4) is 0 Å². The lowest BCUT2D eigenvalue weighted by atomic mass is 10.0. The number of carbonyl (C=O) groups excluding carboxylic acids is 1. The fourth-order valence-electron chi connectivity index (χ4n) is 1.67. The number of rotatable bonds is 5. The van der Waals surface area contributed by atoms with Gasteiger partial charge in [-0.25, -0.2) is 0 Å². The zero-order valence-electron chi connectivity index (χ0n) is 10.0. The van der Waals surface area contributed by atoms with Crippen LogP contribution in [0.5, 0.6) is 0 Å². The predicted octanol–water partition coefficient (Wildman–Crippen LogP) is 0.681. The van der Waals surface area contributed by atoms with Gasteiger partial charge < -0.3 is 15.4 Å². The van der Waals surface area contributed by atoms with Gasteiger partial charge in [-0.15, -0.1) is 0 Å². The van der Waals surface area contributed by atoms with Crippen molar-refractivity contribution in [2.24, 2.45) is 0 Å². The molecule has 1 amide bonds. The Hall–Kier alpha value is -1.39. The molecule has 0 radical (unpaired) electrons. The van der Waals surface area contributed by atoms with Crippen LogP contribution < -0.4 is 10.6 Å². The summed E-state index contributed by atoms with van der Waals surface area (Å²) >= 11 is 0. The minimum atomic E-state index is -0.163. The quantitative estimate of drug-likeness (QED) is 0.787. The molecule has 4 nitrogen and oxygen atoms in total. The standard InChI is InChI=1S/C13H18N2O2/c1-13(9-14-10-13)17-8-12(16)15-7-11-5-3-2-4-6-11/h2-6,14H,7-10H2,1H3,(H,15,16). The van der Waals surface area contributed by atoms with E-state index in [2.05, 4.69) is 10.6 Å². The predicted molar refractivity (Wildman–Crippen MR) is 65.5 cm³/mol. The molecule has 1 aliphatic heterocycles. The third-order valence-electron chi connectivity index (χ3n) is 2.88. The number of benzene rings is 1. The summed E-state index contributed by atoms with van der Waals surface area (Å²) in [6.07, 6.45) is 0. The lowest BCUT2D eigenvalue weighted by Crippen LogP contribution is -2.59. The summed E-state index contributed by atoms with van der Waals surface area (Å²) < 4.78 is 5.54. The molecule has 1 aromatic carbocycles. The van der Waals surface area contributed by atoms with E-state index < -0.39 is 0 Å². The van der Waals surface area contributed by atoms with Crippen LogP contribution in [0.25, 0.3) is 0 Å². The Morgan fingerprint density at radius 2 is 2.12 bits per heavy atom. The normalized spacial score (nSPS) is 17.2. The molecule has 1 aliphatic rings. The van der Waals surface area contributed by atoms with Crippen LogP contribution in [-0.2, 0) is 16.1 Å². The molecular weight excluding hydrogens is 216 g/mol. The minimum absolute atomic E-state index is 0.0676. The Labute approximate surface area is 101 Å². The van der Waals surface area contributed by atoms with Crippen LogP contribution in [0.1, 0.15) is 12.5 Å². The van der Waals surface area contributed by atoms with Crippen molar-refractivity contribution in [1.29, 1.82) is 0 Å². The molecule has 0 saturated carbocycles. The van der Waals surface area contributed by atoms with E-state index in [1.165, 1.54) is 0 Å². The summed E-state index contributed by atoms with van der Waals surface area (Å²) in [4.78, 5) is 11.5. The monoisotopic (exact) mass is 234 g/mol. The largest absolute Gasteiger partial charge is 0.363 e. The summed E-state index contributed by atoms with van der Waals surface area (Å²) in [6.45, 7) is 4.33. The van der Waals surface area contributed by atoms with E-state index in [4.69, 9.17) is 4.74 Å². The number of hydrogen-bond acceptors (Lipinski definition) is 3. The molecule has 92 valence electrons. The Morgan fingerprint density at radius 1 is 1.41 bits per heavy atom. The number of nitrogens with one attached hydrogen (secondary N) is 2. The van der Waals surface area contributed by atoms with Gasteiger partial charge in [0.15, 0.2) is 0 Å². The van der Waals surface area contributed by atoms with Crippen molar-refractivity contribution < 1.29 is 9.53 Å². The van der Waals surface area contributed by atoms with Crippen LogP contribution in [0.2, 0.25) is 0 Å². The Bertz CT molecular complexity index is 374. The molecule has 1 saturated heterocycles. The second-order valence-electron chi connectivity index (χ2n) is 4.60. The van der Waals surface area contributed by atoms with E-state index in [-0.39, 0.29) is 18.1 Å². The third-order valence-corrected chi connectivity index (χ3v) is 2.88. The van der Waals surface area contributed by atoms with Crippen LogP contribution in [0, 0.1) is 0 Å². The average Bonchev–Trinajstić information content (AvgIpc) is 2.33. The van der Waals surface area contributed by atoms with Gasteiger partial charge in [-0.1, -0.05) is 30.3 Å². The highest BCUT2D eigenvalue weighted by Gasteiger charge is 2.32. The van der Waals surface area contributed by atoms with Gasteiger partial charge >= 0.3 is 0 Å². The van der Waals surface area contributed by atoms with Crippen LogP contribution in [0.15, 0.2) is 30.3 Å². The average molecular weight is 234 g/mol. The van der Waals surface area contributed by atoms with E-state index >= 15 is 0 Å². The van der Waals surface area contributed by atoms with Crippen LogP contribution in [0.3, 0.4) is 0 Å². The van der Waals surface area contributed by atoms with E-state index in [0.717, 1.165) is 18.7 Å². The van der Waals surface area contributed by atoms with Gasteiger partial charge in [0.1, 0.15) is 6.61 Å². The lowest BCUT2D eigenvalue weighted by molar-refractivity contribution is -0.136. The maximum atomic E-state index is 11.5. The number of ether oxygens (including phenoxy) is 1. The maximum absolute atomic E-state index is 11.5. The smallest absolute Gasteiger partial charge is 0.246 e. The van der Waals surface area contributed by atoms with Gasteiger partial charge in [0.25, 0.3) is 0 Å². The van der Waals surface area contributed by atoms with Crippen LogP contribution >= 0.6 is 0 Å². The first kappa shape index (κ1) is 12.1. The number of hydrogen-bond donors (Lipinski definition) is 2. The first-order valence-corrected chi connectivity index (χ1v) is 5.83. The highest BCUT2D eigenvalue weighted by Crippen LogP contribution is 2.14. The van der Waals surface area contributed by atoms with Gasteiger partial charge in [-0.3, -0.25) is 4.79 Å². The molecule has 4 heteroatoms. The molecule has 2 rings (SSSR count). The van der Waals surface area contributed by atoms with E-state index in [1.54, 1.807) is 0 Å². The van der Waals surface area contributed by atoms with Gasteiger partial charge in [0.2, 0.25) is 5.91 Å². The zero-order valence-corrected chi connectivity index (χ0v) is 10.0.